The number of halogens is 1. The van der Waals surface area contributed by atoms with Gasteiger partial charge in [-0.15, -0.1) is 0 Å². The van der Waals surface area contributed by atoms with E-state index in [0.29, 0.717) is 6.54 Å². The van der Waals surface area contributed by atoms with E-state index in [4.69, 9.17) is 0 Å². The molecule has 3 nitrogen and oxygen atoms in total. The fourth-order valence-electron chi connectivity index (χ4n) is 4.22. The van der Waals surface area contributed by atoms with Crippen LogP contribution in [0, 0.1) is 5.82 Å². The molecule has 1 aromatic heterocycles. The first-order valence-corrected chi connectivity index (χ1v) is 9.45. The molecule has 0 saturated heterocycles. The third-order valence-corrected chi connectivity index (χ3v) is 5.74. The van der Waals surface area contributed by atoms with Crippen LogP contribution in [-0.2, 0) is 26.1 Å². The number of pyridine rings is 1. The summed E-state index contributed by atoms with van der Waals surface area (Å²) in [6.07, 6.45) is 2.88. The Hall–Kier alpha value is -2.72. The molecule has 27 heavy (non-hydrogen) atoms. The molecule has 0 bridgehead atoms. The fraction of sp³-hybridized carbons (Fsp3) is 0.261. The van der Waals surface area contributed by atoms with E-state index >= 15 is 0 Å². The van der Waals surface area contributed by atoms with E-state index in [-0.39, 0.29) is 5.82 Å². The second-order valence-electron chi connectivity index (χ2n) is 7.58. The number of anilines is 1. The van der Waals surface area contributed by atoms with Crippen molar-refractivity contribution in [1.29, 1.82) is 0 Å². The van der Waals surface area contributed by atoms with E-state index < -0.39 is 0 Å². The van der Waals surface area contributed by atoms with Crippen molar-refractivity contribution < 1.29 is 4.39 Å². The normalized spacial score (nSPS) is 15.9. The monoisotopic (exact) mass is 359 g/mol. The number of nitrogens with zero attached hydrogens (tertiary/aromatic N) is 3. The minimum Gasteiger partial charge on any atom is -0.374 e. The van der Waals surface area contributed by atoms with Crippen LogP contribution in [0.5, 0.6) is 0 Å². The molecule has 0 unspecified atom stereocenters. The average Bonchev–Trinajstić information content (AvgIpc) is 3.26. The van der Waals surface area contributed by atoms with Gasteiger partial charge in [0.1, 0.15) is 5.82 Å². The Morgan fingerprint density at radius 2 is 1.85 bits per heavy atom. The van der Waals surface area contributed by atoms with Gasteiger partial charge in [-0.2, -0.15) is 0 Å². The molecule has 0 saturated carbocycles. The lowest BCUT2D eigenvalue weighted by Crippen LogP contribution is -2.16. The molecule has 2 aliphatic heterocycles. The van der Waals surface area contributed by atoms with Crippen molar-refractivity contribution in [3.05, 3.63) is 82.9 Å². The van der Waals surface area contributed by atoms with E-state index in [9.17, 15) is 4.39 Å². The molecule has 0 atom stereocenters. The summed E-state index contributed by atoms with van der Waals surface area (Å²) in [5, 5.41) is 0. The zero-order valence-corrected chi connectivity index (χ0v) is 15.5. The number of hydrogen-bond acceptors (Lipinski definition) is 3. The molecule has 0 N–H and O–H groups in total. The summed E-state index contributed by atoms with van der Waals surface area (Å²) in [5.74, 6) is -0.131. The number of hydrogen-bond donors (Lipinski definition) is 0. The molecular formula is C23H22FN3. The van der Waals surface area contributed by atoms with Gasteiger partial charge in [0.05, 0.1) is 5.69 Å². The van der Waals surface area contributed by atoms with Crippen LogP contribution in [0.4, 0.5) is 10.1 Å². The Balaban J connectivity index is 1.36. The largest absolute Gasteiger partial charge is 0.374 e. The van der Waals surface area contributed by atoms with Crippen LogP contribution in [0.25, 0.3) is 11.1 Å². The summed E-state index contributed by atoms with van der Waals surface area (Å²) in [6, 6.07) is 16.2. The Morgan fingerprint density at radius 3 is 2.70 bits per heavy atom. The lowest BCUT2D eigenvalue weighted by Gasteiger charge is -2.16. The van der Waals surface area contributed by atoms with Gasteiger partial charge in [-0.1, -0.05) is 24.3 Å². The van der Waals surface area contributed by atoms with Gasteiger partial charge in [0, 0.05) is 50.7 Å². The molecule has 4 heteroatoms. The van der Waals surface area contributed by atoms with Crippen LogP contribution in [0.2, 0.25) is 0 Å². The predicted octanol–water partition coefficient (Wildman–Crippen LogP) is 4.40. The quantitative estimate of drug-likeness (QED) is 0.691. The van der Waals surface area contributed by atoms with E-state index in [1.54, 1.807) is 6.07 Å². The highest BCUT2D eigenvalue weighted by atomic mass is 19.1. The van der Waals surface area contributed by atoms with Gasteiger partial charge >= 0.3 is 0 Å². The zero-order chi connectivity index (χ0) is 18.4. The first-order valence-electron chi connectivity index (χ1n) is 9.45. The van der Waals surface area contributed by atoms with E-state index in [1.165, 1.54) is 16.8 Å². The number of aromatic nitrogens is 1. The van der Waals surface area contributed by atoms with Crippen LogP contribution >= 0.6 is 0 Å². The van der Waals surface area contributed by atoms with Gasteiger partial charge in [-0.3, -0.25) is 9.88 Å². The molecule has 3 aromatic rings. The van der Waals surface area contributed by atoms with Crippen molar-refractivity contribution in [2.24, 2.45) is 0 Å². The number of likely N-dealkylation sites (N-methyl/N-ethyl adjacent to an activating group) is 1. The number of benzene rings is 2. The van der Waals surface area contributed by atoms with Gasteiger partial charge < -0.3 is 4.90 Å². The van der Waals surface area contributed by atoms with E-state index in [1.807, 2.05) is 24.4 Å². The molecule has 0 fully saturated rings. The van der Waals surface area contributed by atoms with Crippen molar-refractivity contribution in [2.45, 2.75) is 26.1 Å². The Kier molecular flexibility index (Phi) is 3.94. The maximum atomic E-state index is 14.8. The predicted molar refractivity (Wildman–Crippen MR) is 106 cm³/mol. The molecule has 3 heterocycles. The highest BCUT2D eigenvalue weighted by Gasteiger charge is 2.21. The Morgan fingerprint density at radius 1 is 1.00 bits per heavy atom. The van der Waals surface area contributed by atoms with Crippen LogP contribution in [0.15, 0.2) is 54.7 Å². The Labute approximate surface area is 159 Å². The van der Waals surface area contributed by atoms with Crippen molar-refractivity contribution in [2.75, 3.05) is 18.5 Å². The second-order valence-corrected chi connectivity index (χ2v) is 7.58. The van der Waals surface area contributed by atoms with Gasteiger partial charge in [-0.25, -0.2) is 4.39 Å². The molecule has 0 aliphatic carbocycles. The number of rotatable bonds is 3. The van der Waals surface area contributed by atoms with Crippen LogP contribution in [-0.4, -0.2) is 23.5 Å². The van der Waals surface area contributed by atoms with Gasteiger partial charge in [0.25, 0.3) is 0 Å². The van der Waals surface area contributed by atoms with E-state index in [2.05, 4.69) is 46.1 Å². The molecule has 5 rings (SSSR count). The summed E-state index contributed by atoms with van der Waals surface area (Å²) in [7, 11) is 2.12. The molecule has 0 amide bonds. The third-order valence-electron chi connectivity index (χ3n) is 5.74. The SMILES string of the molecule is CN1CCc2cc(-c3ccc(CN4Cc5cccnc5C4)c(F)c3)ccc21. The summed E-state index contributed by atoms with van der Waals surface area (Å²) in [6.45, 7) is 3.29. The smallest absolute Gasteiger partial charge is 0.128 e. The third kappa shape index (κ3) is 3.00. The lowest BCUT2D eigenvalue weighted by molar-refractivity contribution is 0.270. The topological polar surface area (TPSA) is 19.4 Å². The van der Waals surface area contributed by atoms with Crippen LogP contribution in [0.3, 0.4) is 0 Å². The summed E-state index contributed by atoms with van der Waals surface area (Å²) in [4.78, 5) is 8.93. The summed E-state index contributed by atoms with van der Waals surface area (Å²) >= 11 is 0. The average molecular weight is 359 g/mol. The van der Waals surface area contributed by atoms with E-state index in [0.717, 1.165) is 48.4 Å². The van der Waals surface area contributed by atoms with Crippen molar-refractivity contribution >= 4 is 5.69 Å². The minimum absolute atomic E-state index is 0.131. The van der Waals surface area contributed by atoms with Gasteiger partial charge in [0.15, 0.2) is 0 Å². The summed E-state index contributed by atoms with van der Waals surface area (Å²) in [5.41, 5.74) is 7.77. The standard InChI is InChI=1S/C23H22FN3/c1-26-10-8-18-11-16(6-7-23(18)26)17-4-5-19(21(24)12-17)13-27-14-20-3-2-9-25-22(20)15-27/h2-7,9,11-12H,8,10,13-15H2,1H3. The minimum atomic E-state index is -0.131. The zero-order valence-electron chi connectivity index (χ0n) is 15.5. The Bertz CT molecular complexity index is 989. The fourth-order valence-corrected chi connectivity index (χ4v) is 4.22. The van der Waals surface area contributed by atoms with Gasteiger partial charge in [-0.05, 0) is 52.9 Å². The lowest BCUT2D eigenvalue weighted by atomic mass is 10.00. The van der Waals surface area contributed by atoms with Crippen molar-refractivity contribution in [1.82, 2.24) is 9.88 Å². The maximum Gasteiger partial charge on any atom is 0.128 e. The summed E-state index contributed by atoms with van der Waals surface area (Å²) < 4.78 is 14.8. The highest BCUT2D eigenvalue weighted by molar-refractivity contribution is 5.70. The van der Waals surface area contributed by atoms with Gasteiger partial charge in [0.2, 0.25) is 0 Å². The molecule has 0 spiro atoms. The molecule has 2 aliphatic rings. The molecular weight excluding hydrogens is 337 g/mol. The first-order chi connectivity index (χ1) is 13.2. The van der Waals surface area contributed by atoms with Crippen molar-refractivity contribution in [3.63, 3.8) is 0 Å². The van der Waals surface area contributed by atoms with Crippen LogP contribution in [0.1, 0.15) is 22.4 Å². The number of fused-ring (bicyclic) bond motifs is 2. The van der Waals surface area contributed by atoms with Crippen LogP contribution < -0.4 is 4.90 Å². The first kappa shape index (κ1) is 16.5. The molecule has 136 valence electrons. The maximum absolute atomic E-state index is 14.8. The molecule has 0 radical (unpaired) electrons. The van der Waals surface area contributed by atoms with Crippen molar-refractivity contribution in [3.8, 4) is 11.1 Å². The molecule has 2 aromatic carbocycles. The second kappa shape index (κ2) is 6.46. The highest BCUT2D eigenvalue weighted by Crippen LogP contribution is 2.32.